The van der Waals surface area contributed by atoms with Crippen molar-refractivity contribution in [3.63, 3.8) is 0 Å². The van der Waals surface area contributed by atoms with Gasteiger partial charge in [0.2, 0.25) is 0 Å². The Morgan fingerprint density at radius 3 is 1.54 bits per heavy atom. The van der Waals surface area contributed by atoms with E-state index in [1.54, 1.807) is 91.0 Å². The van der Waals surface area contributed by atoms with Crippen LogP contribution >= 0.6 is 0 Å². The first-order valence-corrected chi connectivity index (χ1v) is 12.0. The van der Waals surface area contributed by atoms with E-state index in [9.17, 15) is 14.4 Å². The Balaban J connectivity index is 1.72. The first-order valence-electron chi connectivity index (χ1n) is 12.0. The molecular weight excluding hydrogens is 506 g/mol. The van der Waals surface area contributed by atoms with Crippen molar-refractivity contribution in [2.45, 2.75) is 30.7 Å². The smallest absolute Gasteiger partial charge is 0.338 e. The Bertz CT molecular complexity index is 1320. The number of rotatable bonds is 9. The zero-order chi connectivity index (χ0) is 27.6. The normalized spacial score (nSPS) is 22.1. The fourth-order valence-electron chi connectivity index (χ4n) is 4.03. The summed E-state index contributed by atoms with van der Waals surface area (Å²) in [5.74, 6) is -2.25. The molecule has 39 heavy (non-hydrogen) atoms. The van der Waals surface area contributed by atoms with Gasteiger partial charge in [-0.15, -0.1) is 0 Å². The number of esters is 3. The summed E-state index contributed by atoms with van der Waals surface area (Å²) in [7, 11) is 1.31. The summed E-state index contributed by atoms with van der Waals surface area (Å²) in [6, 6.07) is 24.4. The molecule has 4 rings (SSSR count). The van der Waals surface area contributed by atoms with Gasteiger partial charge in [-0.3, -0.25) is 0 Å². The van der Waals surface area contributed by atoms with E-state index in [-0.39, 0.29) is 23.2 Å². The third-order valence-corrected chi connectivity index (χ3v) is 5.91. The highest BCUT2D eigenvalue weighted by Gasteiger charge is 2.52. The topological polar surface area (TPSA) is 146 Å². The molecule has 0 radical (unpaired) electrons. The maximum absolute atomic E-state index is 13.2. The van der Waals surface area contributed by atoms with E-state index < -0.39 is 48.6 Å². The van der Waals surface area contributed by atoms with Crippen molar-refractivity contribution < 1.29 is 38.1 Å². The van der Waals surface area contributed by atoms with Gasteiger partial charge in [0, 0.05) is 12.0 Å². The second kappa shape index (κ2) is 13.2. The van der Waals surface area contributed by atoms with Gasteiger partial charge in [0.1, 0.15) is 6.10 Å². The molecule has 0 aliphatic carbocycles. The number of benzene rings is 3. The van der Waals surface area contributed by atoms with Gasteiger partial charge in [-0.25, -0.2) is 14.4 Å². The van der Waals surface area contributed by atoms with Crippen LogP contribution in [0.25, 0.3) is 10.4 Å². The van der Waals surface area contributed by atoms with Crippen LogP contribution in [0.1, 0.15) is 31.1 Å². The molecule has 3 aromatic carbocycles. The van der Waals surface area contributed by atoms with Gasteiger partial charge in [0.05, 0.1) is 23.2 Å². The molecule has 5 atom stereocenters. The Labute approximate surface area is 223 Å². The molecule has 0 aromatic heterocycles. The minimum absolute atomic E-state index is 0.214. The molecule has 11 heteroatoms. The van der Waals surface area contributed by atoms with Crippen molar-refractivity contribution in [3.8, 4) is 0 Å². The van der Waals surface area contributed by atoms with Crippen molar-refractivity contribution in [1.29, 1.82) is 0 Å². The van der Waals surface area contributed by atoms with Gasteiger partial charge in [-0.2, -0.15) is 0 Å². The lowest BCUT2D eigenvalue weighted by Crippen LogP contribution is -2.62. The van der Waals surface area contributed by atoms with Crippen LogP contribution in [-0.4, -0.2) is 62.3 Å². The van der Waals surface area contributed by atoms with Crippen molar-refractivity contribution in [3.05, 3.63) is 118 Å². The van der Waals surface area contributed by atoms with Crippen molar-refractivity contribution in [2.75, 3.05) is 13.7 Å². The summed E-state index contributed by atoms with van der Waals surface area (Å²) in [6.07, 6.45) is -6.44. The average Bonchev–Trinajstić information content (AvgIpc) is 2.99. The molecule has 1 saturated heterocycles. The van der Waals surface area contributed by atoms with Crippen LogP contribution in [-0.2, 0) is 23.7 Å². The Kier molecular flexibility index (Phi) is 9.25. The van der Waals surface area contributed by atoms with E-state index in [0.29, 0.717) is 0 Å². The second-order valence-corrected chi connectivity index (χ2v) is 8.40. The Hall–Kier alpha value is -4.70. The van der Waals surface area contributed by atoms with E-state index >= 15 is 0 Å². The SMILES string of the molecule is CO[C@@H]1OC(CN=[N+]=[N-])[C@H](OC(=O)c2ccccc2)[C@H](OC(=O)c2ccccc2)C1OC(=O)c1ccccc1. The van der Waals surface area contributed by atoms with Gasteiger partial charge >= 0.3 is 17.9 Å². The predicted octanol–water partition coefficient (Wildman–Crippen LogP) is 4.34. The van der Waals surface area contributed by atoms with Crippen LogP contribution in [0, 0.1) is 0 Å². The van der Waals surface area contributed by atoms with Gasteiger partial charge in [0.25, 0.3) is 0 Å². The van der Waals surface area contributed by atoms with Crippen LogP contribution in [0.4, 0.5) is 0 Å². The van der Waals surface area contributed by atoms with Crippen LogP contribution < -0.4 is 0 Å². The first-order chi connectivity index (χ1) is 19.0. The van der Waals surface area contributed by atoms with E-state index in [0.717, 1.165) is 0 Å². The number of carbonyl (C=O) groups is 3. The maximum atomic E-state index is 13.2. The van der Waals surface area contributed by atoms with Crippen molar-refractivity contribution in [1.82, 2.24) is 0 Å². The number of azide groups is 1. The molecule has 0 bridgehead atoms. The van der Waals surface area contributed by atoms with Gasteiger partial charge in [-0.05, 0) is 41.9 Å². The summed E-state index contributed by atoms with van der Waals surface area (Å²) in [6.45, 7) is -0.290. The highest BCUT2D eigenvalue weighted by Crippen LogP contribution is 2.31. The number of methoxy groups -OCH3 is 1. The maximum Gasteiger partial charge on any atom is 0.338 e. The second-order valence-electron chi connectivity index (χ2n) is 8.40. The fraction of sp³-hybridized carbons (Fsp3) is 0.250. The van der Waals surface area contributed by atoms with E-state index in [1.165, 1.54) is 7.11 Å². The lowest BCUT2D eigenvalue weighted by molar-refractivity contribution is -0.285. The zero-order valence-corrected chi connectivity index (χ0v) is 20.9. The first kappa shape index (κ1) is 27.3. The molecule has 1 heterocycles. The molecule has 0 amide bonds. The lowest BCUT2D eigenvalue weighted by atomic mass is 9.97. The molecule has 11 nitrogen and oxygen atoms in total. The number of hydrogen-bond acceptors (Lipinski definition) is 9. The van der Waals surface area contributed by atoms with Crippen molar-refractivity contribution >= 4 is 17.9 Å². The Morgan fingerprint density at radius 2 is 1.13 bits per heavy atom. The summed E-state index contributed by atoms with van der Waals surface area (Å²) < 4.78 is 28.7. The van der Waals surface area contributed by atoms with E-state index in [1.807, 2.05) is 0 Å². The number of nitrogens with zero attached hydrogens (tertiary/aromatic N) is 3. The van der Waals surface area contributed by atoms with Crippen molar-refractivity contribution in [2.24, 2.45) is 5.11 Å². The number of hydrogen-bond donors (Lipinski definition) is 0. The summed E-state index contributed by atoms with van der Waals surface area (Å²) >= 11 is 0. The zero-order valence-electron chi connectivity index (χ0n) is 20.9. The summed E-state index contributed by atoms with van der Waals surface area (Å²) in [4.78, 5) is 42.0. The third-order valence-electron chi connectivity index (χ3n) is 5.91. The number of ether oxygens (including phenoxy) is 5. The third kappa shape index (κ3) is 6.79. The molecule has 1 fully saturated rings. The Morgan fingerprint density at radius 1 is 0.718 bits per heavy atom. The highest BCUT2D eigenvalue weighted by molar-refractivity contribution is 5.91. The molecule has 200 valence electrons. The van der Waals surface area contributed by atoms with Crippen LogP contribution in [0.3, 0.4) is 0 Å². The monoisotopic (exact) mass is 531 g/mol. The van der Waals surface area contributed by atoms with Gasteiger partial charge in [-0.1, -0.05) is 59.7 Å². The van der Waals surface area contributed by atoms with Crippen LogP contribution in [0.15, 0.2) is 96.1 Å². The minimum atomic E-state index is -1.39. The largest absolute Gasteiger partial charge is 0.452 e. The average molecular weight is 532 g/mol. The molecule has 3 aromatic rings. The summed E-state index contributed by atoms with van der Waals surface area (Å²) in [5.41, 5.74) is 9.60. The summed E-state index contributed by atoms with van der Waals surface area (Å²) in [5, 5.41) is 3.56. The molecule has 2 unspecified atom stereocenters. The molecular formula is C28H25N3O8. The molecule has 0 N–H and O–H groups in total. The van der Waals surface area contributed by atoms with Crippen LogP contribution in [0.2, 0.25) is 0 Å². The van der Waals surface area contributed by atoms with Gasteiger partial charge < -0.3 is 23.7 Å². The highest BCUT2D eigenvalue weighted by atomic mass is 16.7. The lowest BCUT2D eigenvalue weighted by Gasteiger charge is -2.44. The predicted molar refractivity (Wildman–Crippen MR) is 137 cm³/mol. The quantitative estimate of drug-likeness (QED) is 0.130. The molecule has 1 aliphatic rings. The van der Waals surface area contributed by atoms with E-state index in [4.69, 9.17) is 29.2 Å². The number of carbonyl (C=O) groups excluding carboxylic acids is 3. The molecule has 0 spiro atoms. The van der Waals surface area contributed by atoms with Gasteiger partial charge in [0.15, 0.2) is 24.6 Å². The minimum Gasteiger partial charge on any atom is -0.452 e. The standard InChI is InChI=1S/C28H25N3O8/c1-35-28-24(39-27(34)20-15-9-4-10-16-20)23(38-26(33)19-13-7-3-8-14-19)22(21(36-28)17-30-31-29)37-25(32)18-11-5-2-6-12-18/h2-16,21-24,28H,17H2,1H3/t21?,22-,23-,24?,28+/m0/s1. The van der Waals surface area contributed by atoms with E-state index in [2.05, 4.69) is 10.0 Å². The molecule has 1 aliphatic heterocycles. The fourth-order valence-corrected chi connectivity index (χ4v) is 4.03. The molecule has 0 saturated carbocycles. The van der Waals surface area contributed by atoms with Crippen LogP contribution in [0.5, 0.6) is 0 Å².